The van der Waals surface area contributed by atoms with E-state index in [1.807, 2.05) is 6.92 Å². The first-order valence-electron chi connectivity index (χ1n) is 8.80. The Morgan fingerprint density at radius 1 is 1.17 bits per heavy atom. The zero-order valence-corrected chi connectivity index (χ0v) is 15.7. The molecule has 0 spiro atoms. The Labute approximate surface area is 164 Å². The predicted molar refractivity (Wildman–Crippen MR) is 98.6 cm³/mol. The van der Waals surface area contributed by atoms with Crippen LogP contribution in [0.15, 0.2) is 47.0 Å². The Bertz CT molecular complexity index is 998. The van der Waals surface area contributed by atoms with Crippen LogP contribution in [-0.2, 0) is 19.2 Å². The van der Waals surface area contributed by atoms with Gasteiger partial charge in [0.25, 0.3) is 5.91 Å². The summed E-state index contributed by atoms with van der Waals surface area (Å²) in [5, 5.41) is 6.24. The molecule has 0 saturated heterocycles. The molecule has 0 radical (unpaired) electrons. The molecule has 9 heteroatoms. The van der Waals surface area contributed by atoms with Gasteiger partial charge in [0, 0.05) is 17.7 Å². The largest absolute Gasteiger partial charge is 0.485 e. The smallest absolute Gasteiger partial charge is 0.416 e. The third-order valence-electron chi connectivity index (χ3n) is 4.10. The summed E-state index contributed by atoms with van der Waals surface area (Å²) in [5.74, 6) is 0.877. The lowest BCUT2D eigenvalue weighted by atomic mass is 10.1. The van der Waals surface area contributed by atoms with E-state index < -0.39 is 17.6 Å². The van der Waals surface area contributed by atoms with E-state index in [0.717, 1.165) is 6.07 Å². The van der Waals surface area contributed by atoms with Gasteiger partial charge >= 0.3 is 6.18 Å². The minimum atomic E-state index is -4.49. The second kappa shape index (κ2) is 8.34. The van der Waals surface area contributed by atoms with Gasteiger partial charge in [-0.3, -0.25) is 4.79 Å². The molecule has 2 aromatic carbocycles. The van der Waals surface area contributed by atoms with Crippen molar-refractivity contribution in [2.45, 2.75) is 33.1 Å². The number of alkyl halides is 3. The summed E-state index contributed by atoms with van der Waals surface area (Å²) < 4.78 is 49.5. The van der Waals surface area contributed by atoms with Crippen LogP contribution in [0, 0.1) is 6.92 Å². The summed E-state index contributed by atoms with van der Waals surface area (Å²) in [4.78, 5) is 16.4. The number of hydrogen-bond acceptors (Lipinski definition) is 5. The second-order valence-electron chi connectivity index (χ2n) is 6.25. The molecule has 0 fully saturated rings. The highest BCUT2D eigenvalue weighted by Gasteiger charge is 2.32. The molecule has 29 heavy (non-hydrogen) atoms. The number of ether oxygens (including phenoxy) is 1. The average molecular weight is 405 g/mol. The number of nitrogens with one attached hydrogen (secondary N) is 1. The fourth-order valence-corrected chi connectivity index (χ4v) is 2.55. The number of aryl methyl sites for hydroxylation is 2. The fourth-order valence-electron chi connectivity index (χ4n) is 2.55. The van der Waals surface area contributed by atoms with E-state index in [-0.39, 0.29) is 23.4 Å². The first-order valence-corrected chi connectivity index (χ1v) is 8.80. The Kier molecular flexibility index (Phi) is 5.86. The Hall–Kier alpha value is -3.36. The van der Waals surface area contributed by atoms with Crippen LogP contribution in [0.3, 0.4) is 0 Å². The van der Waals surface area contributed by atoms with Gasteiger partial charge in [-0.2, -0.15) is 18.2 Å². The van der Waals surface area contributed by atoms with E-state index in [4.69, 9.17) is 9.26 Å². The molecular weight excluding hydrogens is 387 g/mol. The van der Waals surface area contributed by atoms with Crippen molar-refractivity contribution in [2.24, 2.45) is 0 Å². The van der Waals surface area contributed by atoms with Crippen molar-refractivity contribution < 1.29 is 27.2 Å². The summed E-state index contributed by atoms with van der Waals surface area (Å²) in [5.41, 5.74) is -0.354. The van der Waals surface area contributed by atoms with Crippen molar-refractivity contribution in [3.8, 4) is 5.75 Å². The number of amides is 1. The molecule has 1 heterocycles. The normalized spacial score (nSPS) is 11.3. The lowest BCUT2D eigenvalue weighted by Crippen LogP contribution is -2.14. The first kappa shape index (κ1) is 20.4. The first-order chi connectivity index (χ1) is 13.8. The van der Waals surface area contributed by atoms with Gasteiger partial charge in [-0.15, -0.1) is 0 Å². The second-order valence-corrected chi connectivity index (χ2v) is 6.25. The molecule has 0 atom stereocenters. The number of carbonyl (C=O) groups excluding carboxylic acids is 1. The van der Waals surface area contributed by atoms with Crippen molar-refractivity contribution in [3.63, 3.8) is 0 Å². The lowest BCUT2D eigenvalue weighted by Gasteiger charge is -2.13. The van der Waals surface area contributed by atoms with E-state index in [9.17, 15) is 18.0 Å². The quantitative estimate of drug-likeness (QED) is 0.638. The summed E-state index contributed by atoms with van der Waals surface area (Å²) in [6.45, 7) is 3.37. The zero-order chi connectivity index (χ0) is 21.0. The molecule has 3 aromatic rings. The fraction of sp³-hybridized carbons (Fsp3) is 0.250. The van der Waals surface area contributed by atoms with Crippen LogP contribution in [0.5, 0.6) is 5.75 Å². The van der Waals surface area contributed by atoms with Gasteiger partial charge in [-0.05, 0) is 48.9 Å². The molecule has 1 N–H and O–H groups in total. The highest BCUT2D eigenvalue weighted by molar-refractivity contribution is 6.04. The SMILES string of the molecule is CCc1nc(COc2ccc(C(=O)Nc3ccc(C)c(C(F)(F)F)c3)cc2)no1. The van der Waals surface area contributed by atoms with Crippen molar-refractivity contribution in [3.05, 3.63) is 70.9 Å². The summed E-state index contributed by atoms with van der Waals surface area (Å²) >= 11 is 0. The van der Waals surface area contributed by atoms with Crippen LogP contribution < -0.4 is 10.1 Å². The van der Waals surface area contributed by atoms with Crippen molar-refractivity contribution in [2.75, 3.05) is 5.32 Å². The molecule has 0 aliphatic heterocycles. The Balaban J connectivity index is 1.63. The maximum absolute atomic E-state index is 13.0. The van der Waals surface area contributed by atoms with Crippen LogP contribution >= 0.6 is 0 Å². The number of rotatable bonds is 6. The van der Waals surface area contributed by atoms with Crippen LogP contribution in [0.1, 0.15) is 40.1 Å². The summed E-state index contributed by atoms with van der Waals surface area (Å²) in [6.07, 6.45) is -3.86. The number of anilines is 1. The van der Waals surface area contributed by atoms with Crippen LogP contribution in [0.2, 0.25) is 0 Å². The molecule has 0 aliphatic rings. The molecule has 6 nitrogen and oxygen atoms in total. The monoisotopic (exact) mass is 405 g/mol. The maximum Gasteiger partial charge on any atom is 0.416 e. The minimum Gasteiger partial charge on any atom is -0.485 e. The van der Waals surface area contributed by atoms with E-state index in [0.29, 0.717) is 23.9 Å². The zero-order valence-electron chi connectivity index (χ0n) is 15.7. The molecule has 3 rings (SSSR count). The van der Waals surface area contributed by atoms with Gasteiger partial charge in [0.1, 0.15) is 5.75 Å². The summed E-state index contributed by atoms with van der Waals surface area (Å²) in [6, 6.07) is 9.83. The summed E-state index contributed by atoms with van der Waals surface area (Å²) in [7, 11) is 0. The molecule has 152 valence electrons. The Morgan fingerprint density at radius 2 is 1.90 bits per heavy atom. The number of benzene rings is 2. The van der Waals surface area contributed by atoms with Crippen LogP contribution in [-0.4, -0.2) is 16.0 Å². The molecule has 1 aromatic heterocycles. The molecule has 0 aliphatic carbocycles. The van der Waals surface area contributed by atoms with Gasteiger partial charge in [0.15, 0.2) is 6.61 Å². The molecule has 0 bridgehead atoms. The van der Waals surface area contributed by atoms with Gasteiger partial charge in [0.05, 0.1) is 5.56 Å². The number of carbonyl (C=O) groups is 1. The highest BCUT2D eigenvalue weighted by atomic mass is 19.4. The van der Waals surface area contributed by atoms with Crippen LogP contribution in [0.25, 0.3) is 0 Å². The van der Waals surface area contributed by atoms with Crippen molar-refractivity contribution >= 4 is 11.6 Å². The minimum absolute atomic E-state index is 0.0667. The molecule has 0 unspecified atom stereocenters. The Morgan fingerprint density at radius 3 is 2.52 bits per heavy atom. The van der Waals surface area contributed by atoms with Gasteiger partial charge in [0.2, 0.25) is 11.7 Å². The van der Waals surface area contributed by atoms with Crippen molar-refractivity contribution in [1.29, 1.82) is 0 Å². The van der Waals surface area contributed by atoms with Crippen LogP contribution in [0.4, 0.5) is 18.9 Å². The topological polar surface area (TPSA) is 77.2 Å². The van der Waals surface area contributed by atoms with E-state index in [1.54, 1.807) is 12.1 Å². The average Bonchev–Trinajstić information content (AvgIpc) is 3.15. The van der Waals surface area contributed by atoms with Gasteiger partial charge in [-0.25, -0.2) is 0 Å². The predicted octanol–water partition coefficient (Wildman–Crippen LogP) is 4.79. The van der Waals surface area contributed by atoms with Gasteiger partial charge < -0.3 is 14.6 Å². The van der Waals surface area contributed by atoms with E-state index in [1.165, 1.54) is 31.2 Å². The highest BCUT2D eigenvalue weighted by Crippen LogP contribution is 2.33. The molecule has 0 saturated carbocycles. The van der Waals surface area contributed by atoms with Gasteiger partial charge in [-0.1, -0.05) is 18.1 Å². The molecular formula is C20H18F3N3O3. The lowest BCUT2D eigenvalue weighted by molar-refractivity contribution is -0.138. The number of nitrogens with zero attached hydrogens (tertiary/aromatic N) is 2. The third kappa shape index (κ3) is 5.13. The third-order valence-corrected chi connectivity index (χ3v) is 4.10. The van der Waals surface area contributed by atoms with Crippen molar-refractivity contribution in [1.82, 2.24) is 10.1 Å². The van der Waals surface area contributed by atoms with E-state index in [2.05, 4.69) is 15.5 Å². The van der Waals surface area contributed by atoms with E-state index >= 15 is 0 Å². The standard InChI is InChI=1S/C20H18F3N3O3/c1-3-18-25-17(26-29-18)11-28-15-8-5-13(6-9-15)19(27)24-14-7-4-12(2)16(10-14)20(21,22)23/h4-10H,3,11H2,1-2H3,(H,24,27). The molecule has 1 amide bonds. The number of hydrogen-bond donors (Lipinski definition) is 1. The number of aromatic nitrogens is 2. The maximum atomic E-state index is 13.0. The number of halogens is 3.